The van der Waals surface area contributed by atoms with Crippen molar-refractivity contribution in [3.8, 4) is 0 Å². The molecule has 3 nitrogen and oxygen atoms in total. The minimum Gasteiger partial charge on any atom is -0.330 e. The van der Waals surface area contributed by atoms with Crippen LogP contribution in [0.15, 0.2) is 18.2 Å². The minimum atomic E-state index is -0.300. The summed E-state index contributed by atoms with van der Waals surface area (Å²) in [5, 5.41) is 2.78. The van der Waals surface area contributed by atoms with Crippen molar-refractivity contribution in [1.82, 2.24) is 0 Å². The molecule has 0 spiro atoms. The summed E-state index contributed by atoms with van der Waals surface area (Å²) < 4.78 is 13.4. The van der Waals surface area contributed by atoms with Gasteiger partial charge >= 0.3 is 0 Å². The van der Waals surface area contributed by atoms with Crippen LogP contribution in [0, 0.1) is 24.6 Å². The maximum atomic E-state index is 13.4. The molecule has 0 aliphatic heterocycles. The van der Waals surface area contributed by atoms with E-state index in [-0.39, 0.29) is 11.7 Å². The number of nitrogens with two attached hydrogens (primary N) is 1. The van der Waals surface area contributed by atoms with Crippen molar-refractivity contribution in [2.45, 2.75) is 40.0 Å². The average molecular weight is 280 g/mol. The number of rotatable bonds is 7. The first-order valence-corrected chi connectivity index (χ1v) is 7.20. The van der Waals surface area contributed by atoms with E-state index in [4.69, 9.17) is 5.73 Å². The first kappa shape index (κ1) is 16.6. The van der Waals surface area contributed by atoms with E-state index in [1.165, 1.54) is 6.07 Å². The van der Waals surface area contributed by atoms with E-state index < -0.39 is 0 Å². The van der Waals surface area contributed by atoms with Gasteiger partial charge in [0.2, 0.25) is 5.91 Å². The molecule has 0 radical (unpaired) electrons. The Morgan fingerprint density at radius 1 is 1.35 bits per heavy atom. The molecule has 20 heavy (non-hydrogen) atoms. The molecule has 1 aromatic rings. The zero-order valence-electron chi connectivity index (χ0n) is 12.6. The number of carbonyl (C=O) groups excluding carboxylic acids is 1. The van der Waals surface area contributed by atoms with Gasteiger partial charge in [0, 0.05) is 17.7 Å². The van der Waals surface area contributed by atoms with Gasteiger partial charge in [0.25, 0.3) is 0 Å². The van der Waals surface area contributed by atoms with Gasteiger partial charge in [0.1, 0.15) is 5.82 Å². The van der Waals surface area contributed by atoms with Crippen LogP contribution in [-0.2, 0) is 4.79 Å². The summed E-state index contributed by atoms with van der Waals surface area (Å²) in [6.45, 7) is 6.60. The van der Waals surface area contributed by atoms with Crippen molar-refractivity contribution in [3.05, 3.63) is 29.6 Å². The molecule has 1 atom stereocenters. The third-order valence-corrected chi connectivity index (χ3v) is 3.76. The monoisotopic (exact) mass is 280 g/mol. The van der Waals surface area contributed by atoms with E-state index in [1.54, 1.807) is 19.1 Å². The molecule has 4 heteroatoms. The van der Waals surface area contributed by atoms with E-state index >= 15 is 0 Å². The van der Waals surface area contributed by atoms with Crippen molar-refractivity contribution in [1.29, 1.82) is 0 Å². The first-order valence-electron chi connectivity index (χ1n) is 7.20. The average Bonchev–Trinajstić information content (AvgIpc) is 2.39. The molecule has 0 saturated carbocycles. The maximum absolute atomic E-state index is 13.4. The first-order chi connectivity index (χ1) is 9.45. The number of hydrogen-bond donors (Lipinski definition) is 2. The van der Waals surface area contributed by atoms with E-state index in [9.17, 15) is 9.18 Å². The third kappa shape index (κ3) is 4.93. The largest absolute Gasteiger partial charge is 0.330 e. The van der Waals surface area contributed by atoms with E-state index in [0.29, 0.717) is 36.1 Å². The lowest BCUT2D eigenvalue weighted by atomic mass is 9.88. The van der Waals surface area contributed by atoms with Gasteiger partial charge in [-0.05, 0) is 50.3 Å². The van der Waals surface area contributed by atoms with Gasteiger partial charge in [-0.2, -0.15) is 0 Å². The molecule has 1 rings (SSSR count). The summed E-state index contributed by atoms with van der Waals surface area (Å²) in [6, 6.07) is 4.71. The molecule has 0 aliphatic carbocycles. The smallest absolute Gasteiger partial charge is 0.224 e. The Bertz CT molecular complexity index is 446. The van der Waals surface area contributed by atoms with Crippen LogP contribution in [0.4, 0.5) is 10.1 Å². The molecule has 3 N–H and O–H groups in total. The molecular weight excluding hydrogens is 255 g/mol. The molecule has 0 bridgehead atoms. The van der Waals surface area contributed by atoms with Gasteiger partial charge in [-0.1, -0.05) is 19.9 Å². The van der Waals surface area contributed by atoms with E-state index in [1.807, 2.05) is 0 Å². The molecule has 1 amide bonds. The zero-order valence-corrected chi connectivity index (χ0v) is 12.6. The van der Waals surface area contributed by atoms with Gasteiger partial charge < -0.3 is 11.1 Å². The lowest BCUT2D eigenvalue weighted by Crippen LogP contribution is -2.18. The van der Waals surface area contributed by atoms with Crippen LogP contribution < -0.4 is 11.1 Å². The summed E-state index contributed by atoms with van der Waals surface area (Å²) in [4.78, 5) is 11.9. The van der Waals surface area contributed by atoms with Gasteiger partial charge in [0.15, 0.2) is 0 Å². The third-order valence-electron chi connectivity index (χ3n) is 3.76. The topological polar surface area (TPSA) is 55.1 Å². The van der Waals surface area contributed by atoms with Crippen LogP contribution in [0.2, 0.25) is 0 Å². The summed E-state index contributed by atoms with van der Waals surface area (Å²) in [6.07, 6.45) is 2.19. The SMILES string of the molecule is Cc1c(F)cccc1NC(=O)CCC(CCN)C(C)C. The van der Waals surface area contributed by atoms with Crippen LogP contribution in [-0.4, -0.2) is 12.5 Å². The van der Waals surface area contributed by atoms with Crippen molar-refractivity contribution >= 4 is 11.6 Å². The Balaban J connectivity index is 2.53. The van der Waals surface area contributed by atoms with E-state index in [0.717, 1.165) is 12.8 Å². The molecular formula is C16H25FN2O. The Morgan fingerprint density at radius 3 is 2.65 bits per heavy atom. The summed E-state index contributed by atoms with van der Waals surface area (Å²) in [7, 11) is 0. The lowest BCUT2D eigenvalue weighted by molar-refractivity contribution is -0.116. The number of benzene rings is 1. The highest BCUT2D eigenvalue weighted by molar-refractivity contribution is 5.91. The molecule has 1 aromatic carbocycles. The predicted molar refractivity (Wildman–Crippen MR) is 81.0 cm³/mol. The predicted octanol–water partition coefficient (Wildman–Crippen LogP) is 3.47. The number of nitrogens with one attached hydrogen (secondary N) is 1. The van der Waals surface area contributed by atoms with Crippen molar-refractivity contribution < 1.29 is 9.18 Å². The number of anilines is 1. The Morgan fingerprint density at radius 2 is 2.05 bits per heavy atom. The number of halogens is 1. The molecule has 0 heterocycles. The fourth-order valence-electron chi connectivity index (χ4n) is 2.30. The highest BCUT2D eigenvalue weighted by Gasteiger charge is 2.15. The quantitative estimate of drug-likeness (QED) is 0.803. The summed E-state index contributed by atoms with van der Waals surface area (Å²) >= 11 is 0. The van der Waals surface area contributed by atoms with Crippen LogP contribution >= 0.6 is 0 Å². The van der Waals surface area contributed by atoms with Gasteiger partial charge in [0.05, 0.1) is 0 Å². The molecule has 0 aliphatic rings. The number of hydrogen-bond acceptors (Lipinski definition) is 2. The highest BCUT2D eigenvalue weighted by Crippen LogP contribution is 2.22. The van der Waals surface area contributed by atoms with Crippen molar-refractivity contribution in [2.24, 2.45) is 17.6 Å². The normalized spacial score (nSPS) is 12.5. The van der Waals surface area contributed by atoms with Crippen molar-refractivity contribution in [2.75, 3.05) is 11.9 Å². The Hall–Kier alpha value is -1.42. The standard InChI is InChI=1S/C16H25FN2O/c1-11(2)13(9-10-18)7-8-16(20)19-15-6-4-5-14(17)12(15)3/h4-6,11,13H,7-10,18H2,1-3H3,(H,19,20). The molecule has 0 fully saturated rings. The van der Waals surface area contributed by atoms with Crippen LogP contribution in [0.3, 0.4) is 0 Å². The Kier molecular flexibility index (Phi) is 6.65. The van der Waals surface area contributed by atoms with Crippen molar-refractivity contribution in [3.63, 3.8) is 0 Å². The molecule has 0 saturated heterocycles. The highest BCUT2D eigenvalue weighted by atomic mass is 19.1. The second kappa shape index (κ2) is 8.00. The second-order valence-electron chi connectivity index (χ2n) is 5.58. The fourth-order valence-corrected chi connectivity index (χ4v) is 2.30. The summed E-state index contributed by atoms with van der Waals surface area (Å²) in [5.41, 5.74) is 6.62. The Labute approximate surface area is 120 Å². The molecule has 0 aromatic heterocycles. The van der Waals surface area contributed by atoms with Gasteiger partial charge in [-0.25, -0.2) is 4.39 Å². The number of amides is 1. The fraction of sp³-hybridized carbons (Fsp3) is 0.562. The number of carbonyl (C=O) groups is 1. The second-order valence-corrected chi connectivity index (χ2v) is 5.58. The zero-order chi connectivity index (χ0) is 15.1. The van der Waals surface area contributed by atoms with E-state index in [2.05, 4.69) is 19.2 Å². The van der Waals surface area contributed by atoms with Gasteiger partial charge in [-0.3, -0.25) is 4.79 Å². The van der Waals surface area contributed by atoms with Gasteiger partial charge in [-0.15, -0.1) is 0 Å². The van der Waals surface area contributed by atoms with Crippen LogP contribution in [0.5, 0.6) is 0 Å². The van der Waals surface area contributed by atoms with Crippen LogP contribution in [0.25, 0.3) is 0 Å². The lowest BCUT2D eigenvalue weighted by Gasteiger charge is -2.19. The summed E-state index contributed by atoms with van der Waals surface area (Å²) in [5.74, 6) is 0.606. The molecule has 112 valence electrons. The minimum absolute atomic E-state index is 0.0682. The maximum Gasteiger partial charge on any atom is 0.224 e. The van der Waals surface area contributed by atoms with Crippen LogP contribution in [0.1, 0.15) is 38.7 Å². The molecule has 1 unspecified atom stereocenters.